The number of alkyl halides is 12. The van der Waals surface area contributed by atoms with Crippen molar-refractivity contribution in [2.24, 2.45) is 5.73 Å². The van der Waals surface area contributed by atoms with Crippen LogP contribution in [-0.2, 0) is 35.9 Å². The van der Waals surface area contributed by atoms with Crippen LogP contribution >= 0.6 is 0 Å². The van der Waals surface area contributed by atoms with Gasteiger partial charge in [-0.3, -0.25) is 85.2 Å². The smallest absolute Gasteiger partial charge is 0.384 e. The zero-order valence-corrected chi connectivity index (χ0v) is 69.9. The van der Waals surface area contributed by atoms with Crippen LogP contribution in [0.5, 0.6) is 0 Å². The summed E-state index contributed by atoms with van der Waals surface area (Å²) in [6, 6.07) is 46.2. The molecule has 8 aromatic carbocycles. The van der Waals surface area contributed by atoms with Crippen LogP contribution in [0.25, 0.3) is 133 Å². The van der Waals surface area contributed by atoms with Gasteiger partial charge in [-0.15, -0.1) is 0 Å². The first-order chi connectivity index (χ1) is 65.2. The van der Waals surface area contributed by atoms with Gasteiger partial charge < -0.3 is 37.2 Å². The Morgan fingerprint density at radius 1 is 0.419 bits per heavy atom. The molecule has 13 heterocycles. The van der Waals surface area contributed by atoms with Crippen LogP contribution in [0.1, 0.15) is 65.0 Å². The van der Waals surface area contributed by atoms with Crippen LogP contribution in [0.15, 0.2) is 189 Å². The van der Waals surface area contributed by atoms with E-state index >= 15 is 0 Å². The first kappa shape index (κ1) is 88.7. The number of fused-ring (bicyclic) bond motifs is 8. The van der Waals surface area contributed by atoms with Gasteiger partial charge in [-0.2, -0.15) is 78.3 Å². The summed E-state index contributed by atoms with van der Waals surface area (Å²) in [7, 11) is 1.64. The van der Waals surface area contributed by atoms with E-state index in [1.54, 1.807) is 42.3 Å². The monoisotopic (exact) mass is 1870 g/mol. The van der Waals surface area contributed by atoms with Crippen LogP contribution < -0.4 is 54.6 Å². The number of nitrogens with one attached hydrogen (secondary N) is 17. The Kier molecular flexibility index (Phi) is 23.1. The maximum absolute atomic E-state index is 14.4. The Morgan fingerprint density at radius 2 is 0.765 bits per heavy atom. The number of benzene rings is 8. The number of nitrogens with zero attached hydrogens (tertiary/aromatic N) is 14. The molecule has 1 saturated heterocycles. The molecule has 12 aromatic heterocycles. The molecule has 0 bridgehead atoms. The number of aromatic amines is 12. The fraction of sp³-hybridized carbons (Fsp3) is 0.149. The number of halogens is 12. The van der Waals surface area contributed by atoms with Crippen molar-refractivity contribution in [3.05, 3.63) is 251 Å². The van der Waals surface area contributed by atoms with E-state index in [4.69, 9.17) is 5.73 Å². The van der Waals surface area contributed by atoms with Crippen LogP contribution in [0, 0.1) is 11.3 Å². The van der Waals surface area contributed by atoms with E-state index in [2.05, 4.69) is 148 Å². The molecule has 0 atom stereocenters. The van der Waals surface area contributed by atoms with Crippen molar-refractivity contribution in [2.45, 2.75) is 56.8 Å². The number of hydrogen-bond donors (Lipinski definition) is 18. The van der Waals surface area contributed by atoms with Gasteiger partial charge in [0, 0.05) is 113 Å². The number of hydrogen-bond acceptors (Lipinski definition) is 24. The second-order valence-electron chi connectivity index (χ2n) is 30.6. The maximum atomic E-state index is 14.4. The molecule has 688 valence electrons. The van der Waals surface area contributed by atoms with Crippen molar-refractivity contribution in [1.82, 2.24) is 126 Å². The minimum absolute atomic E-state index is 0.0103. The third kappa shape index (κ3) is 17.5. The molecule has 37 nitrogen and oxygen atoms in total. The summed E-state index contributed by atoms with van der Waals surface area (Å²) in [6.45, 7) is 2.79. The molecule has 0 radical (unpaired) electrons. The van der Waals surface area contributed by atoms with Gasteiger partial charge in [0.2, 0.25) is 5.91 Å². The number of rotatable bonds is 16. The first-order valence-corrected chi connectivity index (χ1v) is 40.9. The van der Waals surface area contributed by atoms with Crippen LogP contribution in [-0.4, -0.2) is 159 Å². The number of amides is 1. The van der Waals surface area contributed by atoms with Gasteiger partial charge in [-0.05, 0) is 116 Å². The van der Waals surface area contributed by atoms with Gasteiger partial charge in [0.25, 0.3) is 22.2 Å². The molecule has 1 aliphatic heterocycles. The quantitative estimate of drug-likeness (QED) is 0.0400. The molecule has 0 unspecified atom stereocenters. The molecule has 1 fully saturated rings. The number of para-hydroxylation sites is 4. The average Bonchev–Trinajstić information content (AvgIpc) is 1.52. The summed E-state index contributed by atoms with van der Waals surface area (Å²) in [4.78, 5) is 96.4. The standard InChI is InChI=1S/C26H23F3N8O2.C21H17F3N8O.C20H15F3N8O.C20H11F3N8O/c1-13(38)37-10-8-14(9-11-37)19-12-20(32-24-15-4-2-3-5-17(15)33-35-24)31-23(30-19)16-6-7-18-21(25(39)36-34-18)22(16)26(27,28)29;22-21(23,24)17-12(5-6-14-16(17)20(33)32-30-14)18-26-10(7-8-25)9-15(27-18)28-19-11-3-1-2-4-13(11)29-31-19;1-24-13-8-25-16(26-18(13)27-17-9-4-2-3-5-11(9)28-30-17)10-6-7-12-14(19(32)31-29-12)15(10)20(21,22)23;21-20(22,23)16-11(5-6-13-15(16)19(32)31-29-13)17-25-9(8-24)7-14(26-17)27-18-10-3-1-2-4-12(10)28-30-18/h2-7,12,14H,8-11H2,1H3,(H2,34,36,39)(H2,30,31,32,33,35);1-6,9H,7-8,25H2,(H2,30,32,33)(H2,26,27,28,29,31);2-8,24H,1H3,(H2,29,31,32)(H2,25,26,27,28,30);1-7H,(H2,29,31,32)(H2,25,26,27,28,30). The molecule has 19 N–H and O–H groups in total. The van der Waals surface area contributed by atoms with Crippen molar-refractivity contribution >= 4 is 145 Å². The lowest BCUT2D eigenvalue weighted by molar-refractivity contribution is -0.136. The molecular weight excluding hydrogens is 1800 g/mol. The molecule has 0 aliphatic carbocycles. The van der Waals surface area contributed by atoms with Gasteiger partial charge in [0.15, 0.2) is 52.4 Å². The minimum Gasteiger partial charge on any atom is -0.384 e. The molecule has 1 aliphatic rings. The number of piperidine rings is 1. The summed E-state index contributed by atoms with van der Waals surface area (Å²) < 4.78 is 169. The molecule has 1 amide bonds. The van der Waals surface area contributed by atoms with Gasteiger partial charge in [-0.25, -0.2) is 39.9 Å². The maximum Gasteiger partial charge on any atom is 0.417 e. The highest BCUT2D eigenvalue weighted by Crippen LogP contribution is 2.46. The Balaban J connectivity index is 0.000000121. The topological polar surface area (TPSA) is 543 Å². The predicted molar refractivity (Wildman–Crippen MR) is 479 cm³/mol. The van der Waals surface area contributed by atoms with Gasteiger partial charge >= 0.3 is 24.7 Å². The van der Waals surface area contributed by atoms with Gasteiger partial charge in [-0.1, -0.05) is 48.5 Å². The van der Waals surface area contributed by atoms with Crippen molar-refractivity contribution in [3.63, 3.8) is 0 Å². The van der Waals surface area contributed by atoms with Crippen LogP contribution in [0.3, 0.4) is 0 Å². The van der Waals surface area contributed by atoms with Crippen LogP contribution in [0.2, 0.25) is 0 Å². The van der Waals surface area contributed by atoms with E-state index in [1.807, 2.05) is 84.9 Å². The predicted octanol–water partition coefficient (Wildman–Crippen LogP) is 15.9. The number of nitrogens with two attached hydrogens (primary N) is 1. The van der Waals surface area contributed by atoms with Crippen LogP contribution in [0.4, 0.5) is 105 Å². The molecular formula is C87H66F12N32O5. The molecule has 20 aromatic rings. The minimum atomic E-state index is -4.87. The Hall–Kier alpha value is -17.9. The lowest BCUT2D eigenvalue weighted by atomic mass is 9.92. The van der Waals surface area contributed by atoms with Crippen molar-refractivity contribution < 1.29 is 57.5 Å². The molecule has 0 saturated carbocycles. The highest BCUT2D eigenvalue weighted by atomic mass is 19.4. The number of anilines is 9. The van der Waals surface area contributed by atoms with Crippen molar-refractivity contribution in [2.75, 3.05) is 53.3 Å². The fourth-order valence-corrected chi connectivity index (χ4v) is 15.9. The van der Waals surface area contributed by atoms with E-state index < -0.39 is 96.3 Å². The fourth-order valence-electron chi connectivity index (χ4n) is 15.9. The number of nitriles is 1. The van der Waals surface area contributed by atoms with Gasteiger partial charge in [0.05, 0.1) is 99.8 Å². The molecule has 21 rings (SSSR count). The van der Waals surface area contributed by atoms with E-state index in [9.17, 15) is 81.9 Å². The van der Waals surface area contributed by atoms with E-state index in [1.165, 1.54) is 61.7 Å². The molecule has 136 heavy (non-hydrogen) atoms. The summed E-state index contributed by atoms with van der Waals surface area (Å²) in [6.07, 6.45) is -16.5. The number of carbonyl (C=O) groups is 1. The van der Waals surface area contributed by atoms with Gasteiger partial charge in [0.1, 0.15) is 29.2 Å². The third-order valence-electron chi connectivity index (χ3n) is 22.1. The molecule has 0 spiro atoms. The summed E-state index contributed by atoms with van der Waals surface area (Å²) in [5.41, 5.74) is 0.705. The highest BCUT2D eigenvalue weighted by molar-refractivity contribution is 5.97. The summed E-state index contributed by atoms with van der Waals surface area (Å²) >= 11 is 0. The largest absolute Gasteiger partial charge is 0.417 e. The Bertz CT molecular complexity index is 8320. The van der Waals surface area contributed by atoms with E-state index in [0.29, 0.717) is 72.7 Å². The van der Waals surface area contributed by atoms with E-state index in [0.717, 1.165) is 49.7 Å². The van der Waals surface area contributed by atoms with Crippen molar-refractivity contribution in [3.8, 4) is 51.6 Å². The SMILES string of the molecule is CC(=O)N1CCC(c2cc(Nc3n[nH]c4ccccc34)nc(-c3ccc4[nH][nH]c(=O)c4c3C(F)(F)F)n2)CC1.CNc1cnc(-c2ccc3[nH][nH]c(=O)c3c2C(F)(F)F)nc1Nc1n[nH]c2ccccc12.N#Cc1cc(Nc2n[nH]c3ccccc23)nc(-c2ccc3[nH][nH]c(=O)c3c2C(F)(F)F)n1.NCCc1cc(Nc2n[nH]c3ccccc23)nc(-c2ccc3[nH][nH]c(=O)c3c2C(F)(F)F)n1. The van der Waals surface area contributed by atoms with Crippen molar-refractivity contribution in [1.29, 1.82) is 5.26 Å². The normalized spacial score (nSPS) is 12.7. The Labute approximate surface area is 749 Å². The van der Waals surface area contributed by atoms with E-state index in [-0.39, 0.29) is 109 Å². The zero-order chi connectivity index (χ0) is 95.4. The summed E-state index contributed by atoms with van der Waals surface area (Å²) in [5, 5.41) is 72.3. The number of carbonyl (C=O) groups excluding carboxylic acids is 1. The lowest BCUT2D eigenvalue weighted by Gasteiger charge is -2.31. The summed E-state index contributed by atoms with van der Waals surface area (Å²) in [5.74, 6) is 1.53. The number of likely N-dealkylation sites (tertiary alicyclic amines) is 1. The lowest BCUT2D eigenvalue weighted by Crippen LogP contribution is -2.36. The second-order valence-corrected chi connectivity index (χ2v) is 30.6. The average molecular weight is 1870 g/mol. The highest BCUT2D eigenvalue weighted by Gasteiger charge is 2.43. The number of aromatic nitrogens is 24. The first-order valence-electron chi connectivity index (χ1n) is 40.9. The molecule has 49 heteroatoms. The second kappa shape index (κ2) is 35.4. The third-order valence-corrected chi connectivity index (χ3v) is 22.1. The number of H-pyrrole nitrogens is 12. The Morgan fingerprint density at radius 3 is 1.12 bits per heavy atom. The zero-order valence-electron chi connectivity index (χ0n) is 69.9.